The van der Waals surface area contributed by atoms with Crippen LogP contribution in [0.1, 0.15) is 271 Å². The minimum atomic E-state index is 0. The number of nitrogens with one attached hydrogen (secondary N) is 1. The Morgan fingerprint density at radius 1 is 0.361 bits per heavy atom. The molecule has 0 unspecified atom stereocenters. The summed E-state index contributed by atoms with van der Waals surface area (Å²) in [5, 5.41) is 2.78. The Morgan fingerprint density at radius 2 is 0.750 bits per heavy atom. The van der Waals surface area contributed by atoms with E-state index >= 15 is 0 Å². The molecular weight excluding hydrogens is 907 g/mol. The molecule has 436 valence electrons. The zero-order valence-electron chi connectivity index (χ0n) is 46.0. The third-order valence-corrected chi connectivity index (χ3v) is 11.7. The second kappa shape index (κ2) is 70.8. The molecule has 1 heterocycles. The first-order valence-corrected chi connectivity index (χ1v) is 28.2. The molecule has 1 rings (SSSR count). The Kier molecular flexibility index (Phi) is 82.4. The van der Waals surface area contributed by atoms with Crippen molar-refractivity contribution in [3.05, 3.63) is 0 Å². The highest BCUT2D eigenvalue weighted by Gasteiger charge is 2.19. The van der Waals surface area contributed by atoms with Crippen molar-refractivity contribution in [3.63, 3.8) is 0 Å². The molecule has 0 radical (unpaired) electrons. The van der Waals surface area contributed by atoms with E-state index in [4.69, 9.17) is 18.9 Å². The predicted octanol–water partition coefficient (Wildman–Crippen LogP) is 15.0. The third kappa shape index (κ3) is 67.8. The lowest BCUT2D eigenvalue weighted by Gasteiger charge is -2.34. The first-order valence-electron chi connectivity index (χ1n) is 28.2. The molecule has 1 aliphatic heterocycles. The maximum atomic E-state index is 11.5. The Bertz CT molecular complexity index is 1100. The quantitative estimate of drug-likeness (QED) is 0.0586. The molecule has 0 aliphatic carbocycles. The molecule has 0 spiro atoms. The van der Waals surface area contributed by atoms with Gasteiger partial charge in [0.2, 0.25) is 11.8 Å². The van der Waals surface area contributed by atoms with Crippen molar-refractivity contribution in [1.29, 1.82) is 0 Å². The van der Waals surface area contributed by atoms with Gasteiger partial charge < -0.3 is 29.2 Å². The SMILES string of the molecule is C.C.C.C.CCCCCCCC(=O)CCC(=O)NCCC.CCCCCCCCCCCCC(=O)CC.CCCCCN1CCN(C(=O)CC)CC1.CCCOCCOCCOCCOCCCC(=O)CC. The van der Waals surface area contributed by atoms with E-state index in [-0.39, 0.29) is 41.4 Å². The Hall–Kier alpha value is -2.25. The second-order valence-corrected chi connectivity index (χ2v) is 18.1. The second-order valence-electron chi connectivity index (χ2n) is 18.1. The summed E-state index contributed by atoms with van der Waals surface area (Å²) in [5.41, 5.74) is 0. The van der Waals surface area contributed by atoms with Crippen LogP contribution in [0.4, 0.5) is 0 Å². The van der Waals surface area contributed by atoms with E-state index in [9.17, 15) is 24.0 Å². The summed E-state index contributed by atoms with van der Waals surface area (Å²) in [6.45, 7) is 27.4. The summed E-state index contributed by atoms with van der Waals surface area (Å²) in [7, 11) is 0. The van der Waals surface area contributed by atoms with E-state index in [1.165, 1.54) is 103 Å². The number of hydrogen-bond acceptors (Lipinski definition) is 10. The lowest BCUT2D eigenvalue weighted by atomic mass is 10.0. The molecule has 0 bridgehead atoms. The molecule has 0 aromatic rings. The highest BCUT2D eigenvalue weighted by molar-refractivity contribution is 5.84. The van der Waals surface area contributed by atoms with E-state index in [0.717, 1.165) is 84.2 Å². The zero-order valence-corrected chi connectivity index (χ0v) is 46.0. The largest absolute Gasteiger partial charge is 0.379 e. The number of rotatable bonds is 44. The van der Waals surface area contributed by atoms with Gasteiger partial charge in [-0.2, -0.15) is 0 Å². The van der Waals surface area contributed by atoms with Crippen molar-refractivity contribution in [2.45, 2.75) is 271 Å². The van der Waals surface area contributed by atoms with E-state index in [1.807, 2.05) is 32.6 Å². The topological polar surface area (TPSA) is 141 Å². The van der Waals surface area contributed by atoms with Crippen LogP contribution in [0.25, 0.3) is 0 Å². The first kappa shape index (κ1) is 83.7. The number of amides is 2. The molecule has 72 heavy (non-hydrogen) atoms. The minimum absolute atomic E-state index is 0. The summed E-state index contributed by atoms with van der Waals surface area (Å²) in [4.78, 5) is 60.7. The van der Waals surface area contributed by atoms with Crippen molar-refractivity contribution in [2.24, 2.45) is 0 Å². The number of Topliss-reactive ketones (excluding diaryl/α,β-unsaturated/α-hetero) is 3. The number of piperazine rings is 1. The van der Waals surface area contributed by atoms with Crippen molar-refractivity contribution in [1.82, 2.24) is 15.1 Å². The minimum Gasteiger partial charge on any atom is -0.379 e. The van der Waals surface area contributed by atoms with E-state index in [1.54, 1.807) is 0 Å². The average molecular weight is 1030 g/mol. The van der Waals surface area contributed by atoms with E-state index in [0.29, 0.717) is 109 Å². The molecular formula is C60H127N3O9. The standard InChI is InChI=1S/C15H30O5.C15H30O.C14H27NO2.C12H24N2O.4CH4/c1-3-7-17-9-11-19-13-14-20-12-10-18-8-5-6-15(16)4-2;1-3-5-6-7-8-9-10-11-12-13-14-15(16)4-2;1-3-5-6-7-8-9-13(16)10-11-14(17)15-12-4-2;1-3-5-6-7-13-8-10-14(11-9-13)12(15)4-2;;;;/h3-14H2,1-2H3;3-14H2,1-2H3;3-12H2,1-2H3,(H,15,17);3-11H2,1-2H3;4*1H4. The highest BCUT2D eigenvalue weighted by atomic mass is 16.6. The Morgan fingerprint density at radius 3 is 1.17 bits per heavy atom. The summed E-state index contributed by atoms with van der Waals surface area (Å²) >= 11 is 0. The van der Waals surface area contributed by atoms with Crippen molar-refractivity contribution in [3.8, 4) is 0 Å². The molecule has 0 aromatic heterocycles. The molecule has 12 heteroatoms. The van der Waals surface area contributed by atoms with Crippen LogP contribution in [-0.2, 0) is 42.9 Å². The van der Waals surface area contributed by atoms with Gasteiger partial charge in [0.15, 0.2) is 0 Å². The number of unbranched alkanes of at least 4 members (excludes halogenated alkanes) is 15. The zero-order chi connectivity index (χ0) is 51.0. The van der Waals surface area contributed by atoms with Gasteiger partial charge in [0.25, 0.3) is 0 Å². The van der Waals surface area contributed by atoms with Crippen LogP contribution in [0.15, 0.2) is 0 Å². The van der Waals surface area contributed by atoms with Gasteiger partial charge in [-0.1, -0.05) is 181 Å². The molecule has 1 fully saturated rings. The summed E-state index contributed by atoms with van der Waals surface area (Å²) in [6.07, 6.45) is 30.8. The molecule has 12 nitrogen and oxygen atoms in total. The van der Waals surface area contributed by atoms with Gasteiger partial charge in [0, 0.05) is 97.3 Å². The number of carbonyl (C=O) groups is 5. The van der Waals surface area contributed by atoms with E-state index in [2.05, 4.69) is 37.9 Å². The van der Waals surface area contributed by atoms with Crippen molar-refractivity contribution >= 4 is 29.2 Å². The van der Waals surface area contributed by atoms with Crippen LogP contribution in [0.5, 0.6) is 0 Å². The molecule has 0 aromatic carbocycles. The Balaban J connectivity index is -0.000000154. The molecule has 0 saturated carbocycles. The van der Waals surface area contributed by atoms with Gasteiger partial charge in [-0.25, -0.2) is 0 Å². The molecule has 0 atom stereocenters. The number of carbonyl (C=O) groups excluding carboxylic acids is 5. The number of ketones is 3. The first-order chi connectivity index (χ1) is 33.1. The monoisotopic (exact) mass is 1030 g/mol. The number of nitrogens with zero attached hydrogens (tertiary/aromatic N) is 2. The lowest BCUT2D eigenvalue weighted by Crippen LogP contribution is -2.48. The lowest BCUT2D eigenvalue weighted by molar-refractivity contribution is -0.132. The van der Waals surface area contributed by atoms with Crippen LogP contribution in [0.3, 0.4) is 0 Å². The van der Waals surface area contributed by atoms with Crippen LogP contribution in [0.2, 0.25) is 0 Å². The summed E-state index contributed by atoms with van der Waals surface area (Å²) in [6, 6.07) is 0. The van der Waals surface area contributed by atoms with Crippen molar-refractivity contribution in [2.75, 3.05) is 92.1 Å². The summed E-state index contributed by atoms with van der Waals surface area (Å²) in [5.74, 6) is 1.27. The molecule has 1 saturated heterocycles. The van der Waals surface area contributed by atoms with Gasteiger partial charge >= 0.3 is 0 Å². The fourth-order valence-electron chi connectivity index (χ4n) is 7.13. The number of ether oxygens (including phenoxy) is 4. The van der Waals surface area contributed by atoms with Crippen LogP contribution in [-0.4, -0.2) is 131 Å². The van der Waals surface area contributed by atoms with Crippen molar-refractivity contribution < 1.29 is 42.9 Å². The van der Waals surface area contributed by atoms with Gasteiger partial charge in [-0.15, -0.1) is 0 Å². The van der Waals surface area contributed by atoms with Gasteiger partial charge in [-0.05, 0) is 45.1 Å². The normalized spacial score (nSPS) is 11.6. The highest BCUT2D eigenvalue weighted by Crippen LogP contribution is 2.12. The Labute approximate surface area is 449 Å². The fraction of sp³-hybridized carbons (Fsp3) is 0.917. The maximum absolute atomic E-state index is 11.5. The molecule has 1 N–H and O–H groups in total. The van der Waals surface area contributed by atoms with Crippen LogP contribution in [0, 0.1) is 0 Å². The predicted molar refractivity (Wildman–Crippen MR) is 311 cm³/mol. The van der Waals surface area contributed by atoms with Gasteiger partial charge in [0.1, 0.15) is 17.3 Å². The van der Waals surface area contributed by atoms with Crippen LogP contribution >= 0.6 is 0 Å². The fourth-order valence-corrected chi connectivity index (χ4v) is 7.13. The van der Waals surface area contributed by atoms with E-state index < -0.39 is 0 Å². The number of hydrogen-bond donors (Lipinski definition) is 1. The molecule has 2 amide bonds. The molecule has 1 aliphatic rings. The van der Waals surface area contributed by atoms with Crippen LogP contribution < -0.4 is 5.32 Å². The van der Waals surface area contributed by atoms with Gasteiger partial charge in [0.05, 0.1) is 39.6 Å². The third-order valence-electron chi connectivity index (χ3n) is 11.7. The average Bonchev–Trinajstić information content (AvgIpc) is 3.36. The maximum Gasteiger partial charge on any atom is 0.222 e. The summed E-state index contributed by atoms with van der Waals surface area (Å²) < 4.78 is 21.3. The smallest absolute Gasteiger partial charge is 0.222 e. The van der Waals surface area contributed by atoms with Gasteiger partial charge in [-0.3, -0.25) is 28.9 Å².